The van der Waals surface area contributed by atoms with Crippen LogP contribution in [0.4, 0.5) is 5.82 Å². The molecule has 2 aromatic rings. The van der Waals surface area contributed by atoms with Crippen molar-refractivity contribution in [2.45, 2.75) is 70.1 Å². The van der Waals surface area contributed by atoms with Gasteiger partial charge in [0.05, 0.1) is 17.7 Å². The van der Waals surface area contributed by atoms with Crippen LogP contribution in [0.25, 0.3) is 11.2 Å². The van der Waals surface area contributed by atoms with Crippen molar-refractivity contribution in [1.82, 2.24) is 19.5 Å². The Kier molecular flexibility index (Phi) is 6.25. The van der Waals surface area contributed by atoms with Gasteiger partial charge in [0, 0.05) is 6.42 Å². The van der Waals surface area contributed by atoms with Crippen LogP contribution in [0.5, 0.6) is 0 Å². The van der Waals surface area contributed by atoms with Gasteiger partial charge in [-0.3, -0.25) is 4.57 Å². The lowest BCUT2D eigenvalue weighted by Crippen LogP contribution is -2.27. The fourth-order valence-electron chi connectivity index (χ4n) is 3.21. The molecule has 8 heteroatoms. The van der Waals surface area contributed by atoms with E-state index in [-0.39, 0.29) is 17.2 Å². The predicted octanol–water partition coefficient (Wildman–Crippen LogP) is 2.55. The first-order chi connectivity index (χ1) is 12.9. The summed E-state index contributed by atoms with van der Waals surface area (Å²) in [6, 6.07) is 0. The molecule has 3 rings (SSSR count). The van der Waals surface area contributed by atoms with E-state index < -0.39 is 12.3 Å². The Hall–Kier alpha value is -1.82. The van der Waals surface area contributed by atoms with Gasteiger partial charge in [0.1, 0.15) is 11.6 Å². The molecule has 1 fully saturated rings. The van der Waals surface area contributed by atoms with Crippen molar-refractivity contribution in [2.24, 2.45) is 5.92 Å². The van der Waals surface area contributed by atoms with E-state index in [2.05, 4.69) is 60.2 Å². The van der Waals surface area contributed by atoms with E-state index in [1.165, 1.54) is 0 Å². The van der Waals surface area contributed by atoms with Crippen LogP contribution < -0.4 is 5.73 Å². The van der Waals surface area contributed by atoms with Gasteiger partial charge < -0.3 is 15.6 Å². The van der Waals surface area contributed by atoms with Gasteiger partial charge in [-0.15, -0.1) is 0 Å². The van der Waals surface area contributed by atoms with Gasteiger partial charge in [-0.05, 0) is 24.7 Å². The Morgan fingerprint density at radius 2 is 2.19 bits per heavy atom. The molecule has 7 nitrogen and oxygen atoms in total. The summed E-state index contributed by atoms with van der Waals surface area (Å²) in [6.07, 6.45) is 3.78. The van der Waals surface area contributed by atoms with E-state index in [9.17, 15) is 5.11 Å². The van der Waals surface area contributed by atoms with Crippen LogP contribution in [0.1, 0.15) is 58.5 Å². The maximum absolute atomic E-state index is 10.7. The highest BCUT2D eigenvalue weighted by atomic mass is 32.1. The zero-order chi connectivity index (χ0) is 19.6. The van der Waals surface area contributed by atoms with E-state index in [4.69, 9.17) is 10.5 Å². The smallest absolute Gasteiger partial charge is 0.208 e. The van der Waals surface area contributed by atoms with E-state index in [0.717, 1.165) is 25.7 Å². The van der Waals surface area contributed by atoms with Crippen LogP contribution in [-0.2, 0) is 4.74 Å². The number of imidazole rings is 1. The van der Waals surface area contributed by atoms with E-state index >= 15 is 0 Å². The molecule has 146 valence electrons. The van der Waals surface area contributed by atoms with E-state index in [1.54, 1.807) is 10.9 Å². The molecule has 0 spiro atoms. The molecule has 0 bridgehead atoms. The number of nitrogens with zero attached hydrogens (tertiary/aromatic N) is 4. The topological polar surface area (TPSA) is 99.1 Å². The number of hydrogen-bond donors (Lipinski definition) is 3. The van der Waals surface area contributed by atoms with Crippen LogP contribution in [0.2, 0.25) is 0 Å². The van der Waals surface area contributed by atoms with Gasteiger partial charge in [-0.1, -0.05) is 33.1 Å². The van der Waals surface area contributed by atoms with Gasteiger partial charge in [0.2, 0.25) is 5.82 Å². The second-order valence-electron chi connectivity index (χ2n) is 7.34. The minimum Gasteiger partial charge on any atom is -0.387 e. The van der Waals surface area contributed by atoms with Crippen molar-refractivity contribution in [3.63, 3.8) is 0 Å². The summed E-state index contributed by atoms with van der Waals surface area (Å²) in [6.45, 7) is 6.36. The number of rotatable bonds is 5. The van der Waals surface area contributed by atoms with Gasteiger partial charge in [-0.25, -0.2) is 15.0 Å². The average Bonchev–Trinajstić information content (AvgIpc) is 3.15. The number of aliphatic hydroxyl groups is 1. The third kappa shape index (κ3) is 4.21. The lowest BCUT2D eigenvalue weighted by atomic mass is 10.0. The first-order valence-corrected chi connectivity index (χ1v) is 9.94. The maximum Gasteiger partial charge on any atom is 0.208 e. The summed E-state index contributed by atoms with van der Waals surface area (Å²) in [5.74, 6) is 7.10. The molecule has 0 radical (unpaired) electrons. The highest BCUT2D eigenvalue weighted by Crippen LogP contribution is 2.36. The molecule has 27 heavy (non-hydrogen) atoms. The van der Waals surface area contributed by atoms with Crippen LogP contribution in [0, 0.1) is 17.8 Å². The summed E-state index contributed by atoms with van der Waals surface area (Å²) in [5.41, 5.74) is 7.03. The fraction of sp³-hybridized carbons (Fsp3) is 0.632. The highest BCUT2D eigenvalue weighted by Gasteiger charge is 2.43. The van der Waals surface area contributed by atoms with E-state index in [0.29, 0.717) is 22.9 Å². The Labute approximate surface area is 165 Å². The monoisotopic (exact) mass is 389 g/mol. The molecular weight excluding hydrogens is 362 g/mol. The summed E-state index contributed by atoms with van der Waals surface area (Å²) in [7, 11) is 0. The molecule has 0 aromatic carbocycles. The lowest BCUT2D eigenvalue weighted by Gasteiger charge is -2.17. The molecule has 1 saturated heterocycles. The van der Waals surface area contributed by atoms with Crippen LogP contribution in [-0.4, -0.2) is 42.1 Å². The minimum absolute atomic E-state index is 0.140. The highest BCUT2D eigenvalue weighted by molar-refractivity contribution is 7.81. The number of ether oxygens (including phenoxy) is 1. The van der Waals surface area contributed by atoms with Gasteiger partial charge in [-0.2, -0.15) is 12.6 Å². The largest absolute Gasteiger partial charge is 0.387 e. The van der Waals surface area contributed by atoms with Gasteiger partial charge in [0.25, 0.3) is 0 Å². The first kappa shape index (κ1) is 19.9. The molecule has 0 aliphatic carbocycles. The zero-order valence-corrected chi connectivity index (χ0v) is 16.9. The van der Waals surface area contributed by atoms with Crippen molar-refractivity contribution in [2.75, 3.05) is 5.73 Å². The van der Waals surface area contributed by atoms with Crippen molar-refractivity contribution in [3.05, 3.63) is 12.2 Å². The number of nitrogen functional groups attached to an aromatic ring is 1. The molecule has 0 saturated carbocycles. The zero-order valence-electron chi connectivity index (χ0n) is 16.0. The number of hydrogen-bond acceptors (Lipinski definition) is 7. The van der Waals surface area contributed by atoms with Crippen molar-refractivity contribution in [3.8, 4) is 11.8 Å². The second kappa shape index (κ2) is 8.46. The average molecular weight is 390 g/mol. The molecule has 1 aliphatic rings. The maximum atomic E-state index is 10.7. The Bertz CT molecular complexity index is 857. The molecule has 2 aromatic heterocycles. The number of aliphatic hydroxyl groups excluding tert-OH is 1. The Morgan fingerprint density at radius 1 is 1.41 bits per heavy atom. The number of fused-ring (bicyclic) bond motifs is 1. The minimum atomic E-state index is -0.773. The number of aromatic nitrogens is 4. The Morgan fingerprint density at radius 3 is 2.89 bits per heavy atom. The second-order valence-corrected chi connectivity index (χ2v) is 7.93. The molecular formula is C19H27N5O2S. The van der Waals surface area contributed by atoms with Gasteiger partial charge >= 0.3 is 0 Å². The SMILES string of the molecule is CCCCC#Cc1nc(N)c2ncn([C@@H]3O[C@H](CC(C)C)[C@@H](S)[C@H]3O)c2n1. The van der Waals surface area contributed by atoms with Crippen molar-refractivity contribution in [1.29, 1.82) is 0 Å². The van der Waals surface area contributed by atoms with Crippen LogP contribution >= 0.6 is 12.6 Å². The van der Waals surface area contributed by atoms with Crippen molar-refractivity contribution >= 4 is 29.6 Å². The molecule has 0 amide bonds. The molecule has 4 atom stereocenters. The summed E-state index contributed by atoms with van der Waals surface area (Å²) >= 11 is 4.56. The van der Waals surface area contributed by atoms with Crippen LogP contribution in [0.15, 0.2) is 6.33 Å². The lowest BCUT2D eigenvalue weighted by molar-refractivity contribution is -0.0396. The number of unbranched alkanes of at least 4 members (excludes halogenated alkanes) is 2. The fourth-order valence-corrected chi connectivity index (χ4v) is 3.54. The standard InChI is InChI=1S/C19H27N5O2S/c1-4-5-6-7-8-13-22-17(20)14-18(23-13)24(10-21-14)19-15(25)16(27)12(26-19)9-11(2)3/h10-12,15-16,19,25,27H,4-6,9H2,1-3H3,(H2,20,22,23)/t12-,15-,16-,19-/m1/s1. The van der Waals surface area contributed by atoms with E-state index in [1.807, 2.05) is 0 Å². The molecule has 0 unspecified atom stereocenters. The van der Waals surface area contributed by atoms with Crippen molar-refractivity contribution < 1.29 is 9.84 Å². The van der Waals surface area contributed by atoms with Gasteiger partial charge in [0.15, 0.2) is 17.7 Å². The normalized spacial score (nSPS) is 25.1. The summed E-state index contributed by atoms with van der Waals surface area (Å²) < 4.78 is 7.81. The Balaban J connectivity index is 1.92. The molecule has 3 heterocycles. The number of thiol groups is 1. The predicted molar refractivity (Wildman–Crippen MR) is 108 cm³/mol. The summed E-state index contributed by atoms with van der Waals surface area (Å²) in [5, 5.41) is 10.4. The number of anilines is 1. The quantitative estimate of drug-likeness (QED) is 0.413. The summed E-state index contributed by atoms with van der Waals surface area (Å²) in [4.78, 5) is 13.0. The third-order valence-electron chi connectivity index (χ3n) is 4.62. The third-order valence-corrected chi connectivity index (χ3v) is 5.26. The van der Waals surface area contributed by atoms with Crippen LogP contribution in [0.3, 0.4) is 0 Å². The molecule has 1 aliphatic heterocycles. The number of nitrogens with two attached hydrogens (primary N) is 1. The molecule has 3 N–H and O–H groups in total. The first-order valence-electron chi connectivity index (χ1n) is 9.42.